The first kappa shape index (κ1) is 21.0. The number of benzene rings is 1. The van der Waals surface area contributed by atoms with E-state index in [1.54, 1.807) is 23.1 Å². The number of aromatic nitrogens is 2. The number of hydrogen-bond donors (Lipinski definition) is 2. The number of carbonyl (C=O) groups is 2. The highest BCUT2D eigenvalue weighted by Gasteiger charge is 2.34. The molecule has 1 aromatic carbocycles. The van der Waals surface area contributed by atoms with Crippen LogP contribution in [0.3, 0.4) is 0 Å². The highest BCUT2D eigenvalue weighted by molar-refractivity contribution is 6.31. The Hall–Kier alpha value is -2.71. The van der Waals surface area contributed by atoms with Crippen LogP contribution in [-0.2, 0) is 16.1 Å². The summed E-state index contributed by atoms with van der Waals surface area (Å²) < 4.78 is 1.40. The lowest BCUT2D eigenvalue weighted by molar-refractivity contribution is -0.135. The van der Waals surface area contributed by atoms with E-state index in [1.807, 2.05) is 0 Å². The second kappa shape index (κ2) is 8.75. The van der Waals surface area contributed by atoms with E-state index in [0.29, 0.717) is 41.9 Å². The lowest BCUT2D eigenvalue weighted by Crippen LogP contribution is -2.50. The van der Waals surface area contributed by atoms with Crippen molar-refractivity contribution >= 4 is 34.3 Å². The van der Waals surface area contributed by atoms with Gasteiger partial charge < -0.3 is 15.3 Å². The van der Waals surface area contributed by atoms with Gasteiger partial charge in [0.2, 0.25) is 11.8 Å². The average Bonchev–Trinajstić information content (AvgIpc) is 2.70. The summed E-state index contributed by atoms with van der Waals surface area (Å²) in [5, 5.41) is 14.4. The number of aliphatic hydroxyl groups is 1. The van der Waals surface area contributed by atoms with Gasteiger partial charge in [-0.2, -0.15) is 0 Å². The Kier molecular flexibility index (Phi) is 6.34. The summed E-state index contributed by atoms with van der Waals surface area (Å²) in [5.41, 5.74) is -0.828. The van der Waals surface area contributed by atoms with Gasteiger partial charge in [-0.1, -0.05) is 18.2 Å². The highest BCUT2D eigenvalue weighted by Crippen LogP contribution is 2.24. The van der Waals surface area contributed by atoms with E-state index in [2.05, 4.69) is 16.9 Å². The molecule has 3 rings (SSSR count). The number of nitrogens with zero attached hydrogens (tertiary/aromatic N) is 3. The van der Waals surface area contributed by atoms with Crippen LogP contribution in [0.15, 0.2) is 42.0 Å². The summed E-state index contributed by atoms with van der Waals surface area (Å²) in [4.78, 5) is 42.0. The Bertz CT molecular complexity index is 996. The van der Waals surface area contributed by atoms with Crippen LogP contribution < -0.4 is 10.9 Å². The molecular formula is C20H23ClN4O4. The second-order valence-electron chi connectivity index (χ2n) is 7.19. The fraction of sp³-hybridized carbons (Fsp3) is 0.400. The SMILES string of the molecule is C=CC(=O)NCCC(=O)N1CCC(O)(Cn2cnc3cc(Cl)ccc3c2=O)CC1. The topological polar surface area (TPSA) is 105 Å². The Morgan fingerprint density at radius 1 is 1.34 bits per heavy atom. The molecule has 0 radical (unpaired) electrons. The lowest BCUT2D eigenvalue weighted by atomic mass is 9.91. The fourth-order valence-electron chi connectivity index (χ4n) is 3.41. The summed E-state index contributed by atoms with van der Waals surface area (Å²) in [6, 6.07) is 4.88. The van der Waals surface area contributed by atoms with Gasteiger partial charge in [0, 0.05) is 31.1 Å². The first-order valence-corrected chi connectivity index (χ1v) is 9.74. The summed E-state index contributed by atoms with van der Waals surface area (Å²) >= 11 is 5.94. The van der Waals surface area contributed by atoms with Crippen molar-refractivity contribution in [3.63, 3.8) is 0 Å². The van der Waals surface area contributed by atoms with Crippen LogP contribution in [-0.4, -0.2) is 56.6 Å². The number of nitrogens with one attached hydrogen (secondary N) is 1. The van der Waals surface area contributed by atoms with Gasteiger partial charge in [-0.3, -0.25) is 19.0 Å². The standard InChI is InChI=1S/C20H23ClN4O4/c1-2-17(26)22-8-5-18(27)24-9-6-20(29,7-10-24)12-25-13-23-16-11-14(21)3-4-15(16)19(25)28/h2-4,11,13,29H,1,5-10,12H2,(H,22,26). The lowest BCUT2D eigenvalue weighted by Gasteiger charge is -2.38. The number of carbonyl (C=O) groups excluding carboxylic acids is 2. The van der Waals surface area contributed by atoms with E-state index in [-0.39, 0.29) is 36.9 Å². The summed E-state index contributed by atoms with van der Waals surface area (Å²) in [6.07, 6.45) is 3.46. The number of piperidine rings is 1. The van der Waals surface area contributed by atoms with Crippen LogP contribution in [0.2, 0.25) is 5.02 Å². The number of amides is 2. The number of halogens is 1. The molecule has 0 aliphatic carbocycles. The summed E-state index contributed by atoms with van der Waals surface area (Å²) in [5.74, 6) is -0.402. The van der Waals surface area contributed by atoms with Crippen LogP contribution in [0, 0.1) is 0 Å². The third kappa shape index (κ3) is 5.02. The van der Waals surface area contributed by atoms with E-state index in [9.17, 15) is 19.5 Å². The Labute approximate surface area is 172 Å². The number of hydrogen-bond acceptors (Lipinski definition) is 5. The molecule has 1 saturated heterocycles. The molecule has 0 saturated carbocycles. The number of rotatable bonds is 6. The van der Waals surface area contributed by atoms with Crippen LogP contribution in [0.1, 0.15) is 19.3 Å². The third-order valence-electron chi connectivity index (χ3n) is 5.12. The minimum absolute atomic E-state index is 0.0853. The average molecular weight is 419 g/mol. The zero-order valence-electron chi connectivity index (χ0n) is 15.9. The van der Waals surface area contributed by atoms with Crippen molar-refractivity contribution < 1.29 is 14.7 Å². The van der Waals surface area contributed by atoms with Crippen LogP contribution in [0.4, 0.5) is 0 Å². The molecule has 8 nitrogen and oxygen atoms in total. The van der Waals surface area contributed by atoms with Crippen molar-refractivity contribution in [3.8, 4) is 0 Å². The summed E-state index contributed by atoms with van der Waals surface area (Å²) in [6.45, 7) is 4.47. The Balaban J connectivity index is 1.60. The predicted molar refractivity (Wildman–Crippen MR) is 110 cm³/mol. The van der Waals surface area contributed by atoms with Gasteiger partial charge >= 0.3 is 0 Å². The second-order valence-corrected chi connectivity index (χ2v) is 7.63. The van der Waals surface area contributed by atoms with Crippen LogP contribution in [0.25, 0.3) is 10.9 Å². The van der Waals surface area contributed by atoms with Crippen molar-refractivity contribution in [2.45, 2.75) is 31.4 Å². The van der Waals surface area contributed by atoms with Crippen molar-refractivity contribution in [2.75, 3.05) is 19.6 Å². The van der Waals surface area contributed by atoms with E-state index in [0.717, 1.165) is 6.08 Å². The smallest absolute Gasteiger partial charge is 0.261 e. The van der Waals surface area contributed by atoms with Crippen molar-refractivity contribution in [2.24, 2.45) is 0 Å². The highest BCUT2D eigenvalue weighted by atomic mass is 35.5. The van der Waals surface area contributed by atoms with Gasteiger partial charge in [0.05, 0.1) is 29.4 Å². The maximum Gasteiger partial charge on any atom is 0.261 e. The van der Waals surface area contributed by atoms with Gasteiger partial charge in [-0.05, 0) is 37.1 Å². The molecule has 0 atom stereocenters. The first-order chi connectivity index (χ1) is 13.8. The van der Waals surface area contributed by atoms with E-state index < -0.39 is 5.60 Å². The zero-order valence-corrected chi connectivity index (χ0v) is 16.7. The van der Waals surface area contributed by atoms with E-state index >= 15 is 0 Å². The molecule has 0 bridgehead atoms. The minimum Gasteiger partial charge on any atom is -0.388 e. The first-order valence-electron chi connectivity index (χ1n) is 9.36. The van der Waals surface area contributed by atoms with Crippen molar-refractivity contribution in [1.82, 2.24) is 19.8 Å². The number of likely N-dealkylation sites (tertiary alicyclic amines) is 1. The molecule has 2 aromatic rings. The molecule has 1 aliphatic rings. The molecule has 1 fully saturated rings. The Morgan fingerprint density at radius 3 is 2.76 bits per heavy atom. The van der Waals surface area contributed by atoms with Crippen LogP contribution in [0.5, 0.6) is 0 Å². The normalized spacial score (nSPS) is 15.9. The molecule has 29 heavy (non-hydrogen) atoms. The minimum atomic E-state index is -1.10. The van der Waals surface area contributed by atoms with Crippen molar-refractivity contribution in [1.29, 1.82) is 0 Å². The molecule has 0 spiro atoms. The van der Waals surface area contributed by atoms with Crippen molar-refractivity contribution in [3.05, 3.63) is 52.6 Å². The molecule has 9 heteroatoms. The molecule has 0 unspecified atom stereocenters. The number of fused-ring (bicyclic) bond motifs is 1. The molecule has 154 valence electrons. The molecule has 2 amide bonds. The van der Waals surface area contributed by atoms with E-state index in [4.69, 9.17) is 11.6 Å². The molecular weight excluding hydrogens is 396 g/mol. The van der Waals surface area contributed by atoms with Crippen LogP contribution >= 0.6 is 11.6 Å². The maximum absolute atomic E-state index is 12.7. The predicted octanol–water partition coefficient (Wildman–Crippen LogP) is 1.10. The largest absolute Gasteiger partial charge is 0.388 e. The van der Waals surface area contributed by atoms with Gasteiger partial charge in [0.15, 0.2) is 0 Å². The molecule has 2 heterocycles. The van der Waals surface area contributed by atoms with Gasteiger partial charge in [0.1, 0.15) is 0 Å². The van der Waals surface area contributed by atoms with Gasteiger partial charge in [-0.15, -0.1) is 0 Å². The van der Waals surface area contributed by atoms with Gasteiger partial charge in [-0.25, -0.2) is 4.98 Å². The fourth-order valence-corrected chi connectivity index (χ4v) is 3.58. The monoisotopic (exact) mass is 418 g/mol. The molecule has 1 aliphatic heterocycles. The molecule has 2 N–H and O–H groups in total. The molecule has 1 aromatic heterocycles. The zero-order chi connectivity index (χ0) is 21.0. The van der Waals surface area contributed by atoms with Gasteiger partial charge in [0.25, 0.3) is 5.56 Å². The maximum atomic E-state index is 12.7. The Morgan fingerprint density at radius 2 is 2.07 bits per heavy atom. The third-order valence-corrected chi connectivity index (χ3v) is 5.36. The quantitative estimate of drug-likeness (QED) is 0.683. The summed E-state index contributed by atoms with van der Waals surface area (Å²) in [7, 11) is 0. The van der Waals surface area contributed by atoms with E-state index in [1.165, 1.54) is 10.9 Å².